The first-order chi connectivity index (χ1) is 14.7. The molecule has 1 amide bonds. The number of methoxy groups -OCH3 is 1. The molecular formula is C26H41NO3. The molecule has 0 saturated heterocycles. The number of carbonyl (C=O) groups excluding carboxylic acids is 1. The summed E-state index contributed by atoms with van der Waals surface area (Å²) in [5.41, 5.74) is 0.916. The van der Waals surface area contributed by atoms with Gasteiger partial charge in [-0.2, -0.15) is 0 Å². The maximum absolute atomic E-state index is 12.0. The second kappa shape index (κ2) is 17.6. The van der Waals surface area contributed by atoms with Gasteiger partial charge in [0.15, 0.2) is 11.5 Å². The number of hydrogen-bond acceptors (Lipinski definition) is 3. The van der Waals surface area contributed by atoms with E-state index in [1.54, 1.807) is 18.2 Å². The first kappa shape index (κ1) is 25.8. The van der Waals surface area contributed by atoms with Crippen LogP contribution in [-0.2, 0) is 11.3 Å². The predicted octanol–water partition coefficient (Wildman–Crippen LogP) is 6.83. The first-order valence-electron chi connectivity index (χ1n) is 11.6. The molecule has 0 atom stereocenters. The smallest absolute Gasteiger partial charge is 0.220 e. The Kier molecular flexibility index (Phi) is 15.2. The highest BCUT2D eigenvalue weighted by Gasteiger charge is 2.05. The van der Waals surface area contributed by atoms with Crippen LogP contribution in [0.25, 0.3) is 0 Å². The van der Waals surface area contributed by atoms with E-state index in [2.05, 4.69) is 36.5 Å². The lowest BCUT2D eigenvalue weighted by Crippen LogP contribution is -2.22. The molecule has 0 aromatic heterocycles. The van der Waals surface area contributed by atoms with E-state index >= 15 is 0 Å². The maximum atomic E-state index is 12.0. The van der Waals surface area contributed by atoms with Crippen molar-refractivity contribution in [2.75, 3.05) is 7.11 Å². The number of phenols is 1. The van der Waals surface area contributed by atoms with E-state index in [4.69, 9.17) is 4.74 Å². The average molecular weight is 416 g/mol. The third-order valence-electron chi connectivity index (χ3n) is 5.09. The number of benzene rings is 1. The Balaban J connectivity index is 1.95. The minimum atomic E-state index is 0.0796. The van der Waals surface area contributed by atoms with Crippen molar-refractivity contribution in [3.05, 3.63) is 48.1 Å². The Bertz CT molecular complexity index is 637. The van der Waals surface area contributed by atoms with Gasteiger partial charge >= 0.3 is 0 Å². The number of rotatable bonds is 17. The summed E-state index contributed by atoms with van der Waals surface area (Å²) in [6.45, 7) is 2.68. The number of ether oxygens (including phenoxy) is 1. The summed E-state index contributed by atoms with van der Waals surface area (Å²) in [6, 6.07) is 5.12. The first-order valence-corrected chi connectivity index (χ1v) is 11.6. The van der Waals surface area contributed by atoms with E-state index in [0.29, 0.717) is 18.7 Å². The SMILES string of the molecule is CCCCC=CCC=CCCCCCCCCC(=O)NCc1ccc(O)c(OC)c1. The van der Waals surface area contributed by atoms with Crippen molar-refractivity contribution < 1.29 is 14.6 Å². The van der Waals surface area contributed by atoms with Crippen LogP contribution in [0.15, 0.2) is 42.5 Å². The van der Waals surface area contributed by atoms with Crippen LogP contribution in [0.2, 0.25) is 0 Å². The number of hydrogen-bond donors (Lipinski definition) is 2. The van der Waals surface area contributed by atoms with Crippen molar-refractivity contribution in [1.82, 2.24) is 5.32 Å². The number of unbranched alkanes of at least 4 members (excludes halogenated alkanes) is 8. The second-order valence-electron chi connectivity index (χ2n) is 7.76. The Morgan fingerprint density at radius 3 is 2.33 bits per heavy atom. The summed E-state index contributed by atoms with van der Waals surface area (Å²) in [4.78, 5) is 12.0. The van der Waals surface area contributed by atoms with E-state index in [0.717, 1.165) is 24.8 Å². The Labute approximate surface area is 183 Å². The van der Waals surface area contributed by atoms with Crippen LogP contribution in [0.4, 0.5) is 0 Å². The van der Waals surface area contributed by atoms with Gasteiger partial charge in [0.25, 0.3) is 0 Å². The maximum Gasteiger partial charge on any atom is 0.220 e. The van der Waals surface area contributed by atoms with Crippen molar-refractivity contribution in [2.45, 2.75) is 90.5 Å². The molecule has 0 aliphatic heterocycles. The number of allylic oxidation sites excluding steroid dienone is 4. The molecule has 0 spiro atoms. The van der Waals surface area contributed by atoms with Gasteiger partial charge in [-0.25, -0.2) is 0 Å². The van der Waals surface area contributed by atoms with Crippen molar-refractivity contribution in [1.29, 1.82) is 0 Å². The lowest BCUT2D eigenvalue weighted by molar-refractivity contribution is -0.121. The molecule has 4 heteroatoms. The average Bonchev–Trinajstić information content (AvgIpc) is 2.75. The largest absolute Gasteiger partial charge is 0.504 e. The molecule has 0 bridgehead atoms. The van der Waals surface area contributed by atoms with Gasteiger partial charge in [-0.3, -0.25) is 4.79 Å². The van der Waals surface area contributed by atoms with E-state index in [1.165, 1.54) is 58.5 Å². The molecule has 4 nitrogen and oxygen atoms in total. The van der Waals surface area contributed by atoms with Gasteiger partial charge in [0.05, 0.1) is 7.11 Å². The molecule has 0 aliphatic carbocycles. The molecule has 0 saturated carbocycles. The minimum absolute atomic E-state index is 0.0796. The molecule has 1 aromatic carbocycles. The molecule has 0 unspecified atom stereocenters. The third-order valence-corrected chi connectivity index (χ3v) is 5.09. The zero-order valence-corrected chi connectivity index (χ0v) is 19.0. The highest BCUT2D eigenvalue weighted by molar-refractivity contribution is 5.75. The standard InChI is InChI=1S/C26H41NO3/c1-3-4-5-6-7-8-9-10-11-12-13-14-15-16-17-18-26(29)27-22-23-19-20-24(28)25(21-23)30-2/h6-7,9-10,19-21,28H,3-5,8,11-18,22H2,1-2H3,(H,27,29). The van der Waals surface area contributed by atoms with Crippen LogP contribution in [-0.4, -0.2) is 18.1 Å². The van der Waals surface area contributed by atoms with Gasteiger partial charge in [-0.15, -0.1) is 0 Å². The highest BCUT2D eigenvalue weighted by atomic mass is 16.5. The monoisotopic (exact) mass is 415 g/mol. The fourth-order valence-corrected chi connectivity index (χ4v) is 3.20. The summed E-state index contributed by atoms with van der Waals surface area (Å²) in [5, 5.41) is 12.5. The normalized spacial score (nSPS) is 11.4. The van der Waals surface area contributed by atoms with Gasteiger partial charge in [-0.1, -0.05) is 75.8 Å². The Morgan fingerprint density at radius 2 is 1.63 bits per heavy atom. The Morgan fingerprint density at radius 1 is 0.967 bits per heavy atom. The Hall–Kier alpha value is -2.23. The fraction of sp³-hybridized carbons (Fsp3) is 0.577. The second-order valence-corrected chi connectivity index (χ2v) is 7.76. The van der Waals surface area contributed by atoms with Crippen molar-refractivity contribution in [2.24, 2.45) is 0 Å². The van der Waals surface area contributed by atoms with E-state index in [-0.39, 0.29) is 11.7 Å². The molecule has 0 fully saturated rings. The summed E-state index contributed by atoms with van der Waals surface area (Å²) in [5.74, 6) is 0.617. The lowest BCUT2D eigenvalue weighted by Gasteiger charge is -2.08. The van der Waals surface area contributed by atoms with Gasteiger partial charge in [-0.05, 0) is 49.8 Å². The van der Waals surface area contributed by atoms with Crippen LogP contribution >= 0.6 is 0 Å². The molecule has 30 heavy (non-hydrogen) atoms. The number of nitrogens with one attached hydrogen (secondary N) is 1. The summed E-state index contributed by atoms with van der Waals surface area (Å²) < 4.78 is 5.08. The van der Waals surface area contributed by atoms with Crippen molar-refractivity contribution in [3.8, 4) is 11.5 Å². The highest BCUT2D eigenvalue weighted by Crippen LogP contribution is 2.26. The number of carbonyl (C=O) groups is 1. The fourth-order valence-electron chi connectivity index (χ4n) is 3.20. The van der Waals surface area contributed by atoms with Gasteiger partial charge < -0.3 is 15.2 Å². The molecule has 0 aliphatic rings. The molecule has 1 rings (SSSR count). The van der Waals surface area contributed by atoms with Crippen LogP contribution in [0.3, 0.4) is 0 Å². The van der Waals surface area contributed by atoms with E-state index in [1.807, 2.05) is 0 Å². The quantitative estimate of drug-likeness (QED) is 0.216. The zero-order valence-electron chi connectivity index (χ0n) is 19.0. The van der Waals surface area contributed by atoms with Crippen LogP contribution in [0.5, 0.6) is 11.5 Å². The molecule has 0 radical (unpaired) electrons. The zero-order chi connectivity index (χ0) is 21.9. The van der Waals surface area contributed by atoms with Crippen LogP contribution in [0.1, 0.15) is 89.5 Å². The van der Waals surface area contributed by atoms with E-state index in [9.17, 15) is 9.90 Å². The van der Waals surface area contributed by atoms with Crippen LogP contribution < -0.4 is 10.1 Å². The van der Waals surface area contributed by atoms with E-state index < -0.39 is 0 Å². The number of aromatic hydroxyl groups is 1. The number of phenolic OH excluding ortho intramolecular Hbond substituents is 1. The van der Waals surface area contributed by atoms with Crippen molar-refractivity contribution >= 4 is 5.91 Å². The predicted molar refractivity (Wildman–Crippen MR) is 126 cm³/mol. The van der Waals surface area contributed by atoms with Crippen molar-refractivity contribution in [3.63, 3.8) is 0 Å². The molecular weight excluding hydrogens is 374 g/mol. The van der Waals surface area contributed by atoms with Gasteiger partial charge in [0.2, 0.25) is 5.91 Å². The summed E-state index contributed by atoms with van der Waals surface area (Å²) in [7, 11) is 1.52. The molecule has 0 heterocycles. The summed E-state index contributed by atoms with van der Waals surface area (Å²) >= 11 is 0. The minimum Gasteiger partial charge on any atom is -0.504 e. The third kappa shape index (κ3) is 13.1. The van der Waals surface area contributed by atoms with Gasteiger partial charge in [0, 0.05) is 13.0 Å². The van der Waals surface area contributed by atoms with Crippen LogP contribution in [0, 0.1) is 0 Å². The molecule has 1 aromatic rings. The topological polar surface area (TPSA) is 58.6 Å². The molecule has 168 valence electrons. The molecule has 2 N–H and O–H groups in total. The summed E-state index contributed by atoms with van der Waals surface area (Å²) in [6.07, 6.45) is 22.7. The van der Waals surface area contributed by atoms with Gasteiger partial charge in [0.1, 0.15) is 0 Å². The number of amides is 1. The lowest BCUT2D eigenvalue weighted by atomic mass is 10.1.